The van der Waals surface area contributed by atoms with Crippen LogP contribution in [0.3, 0.4) is 0 Å². The third-order valence-corrected chi connectivity index (χ3v) is 2.89. The molecule has 2 rings (SSSR count). The van der Waals surface area contributed by atoms with Crippen LogP contribution in [0.5, 0.6) is 0 Å². The van der Waals surface area contributed by atoms with Crippen LogP contribution >= 0.6 is 0 Å². The number of hydrogen-bond acceptors (Lipinski definition) is 2. The molecule has 1 fully saturated rings. The Balaban J connectivity index is 1.85. The SMILES string of the molecule is Nc1cccc(CCC2CCCN2)c1. The fourth-order valence-electron chi connectivity index (χ4n) is 2.09. The van der Waals surface area contributed by atoms with Gasteiger partial charge in [0, 0.05) is 11.7 Å². The Bertz CT molecular complexity index is 290. The van der Waals surface area contributed by atoms with Crippen LogP contribution in [-0.4, -0.2) is 12.6 Å². The summed E-state index contributed by atoms with van der Waals surface area (Å²) in [6, 6.07) is 8.95. The van der Waals surface area contributed by atoms with Crippen LogP contribution < -0.4 is 11.1 Å². The van der Waals surface area contributed by atoms with Gasteiger partial charge in [-0.2, -0.15) is 0 Å². The lowest BCUT2D eigenvalue weighted by Gasteiger charge is -2.09. The Kier molecular flexibility index (Phi) is 3.04. The molecular formula is C12H18N2. The van der Waals surface area contributed by atoms with Crippen LogP contribution in [0.15, 0.2) is 24.3 Å². The monoisotopic (exact) mass is 190 g/mol. The molecule has 1 aromatic carbocycles. The average Bonchev–Trinajstić information content (AvgIpc) is 2.67. The Morgan fingerprint density at radius 1 is 1.43 bits per heavy atom. The van der Waals surface area contributed by atoms with E-state index in [1.54, 1.807) is 0 Å². The first-order chi connectivity index (χ1) is 6.84. The maximum Gasteiger partial charge on any atom is 0.0316 e. The van der Waals surface area contributed by atoms with E-state index in [-0.39, 0.29) is 0 Å². The van der Waals surface area contributed by atoms with E-state index in [0.717, 1.165) is 18.2 Å². The van der Waals surface area contributed by atoms with E-state index in [0.29, 0.717) is 0 Å². The number of aryl methyl sites for hydroxylation is 1. The van der Waals surface area contributed by atoms with Crippen LogP contribution in [0.1, 0.15) is 24.8 Å². The second-order valence-electron chi connectivity index (χ2n) is 4.08. The molecule has 1 aromatic rings. The number of benzene rings is 1. The molecule has 0 spiro atoms. The van der Waals surface area contributed by atoms with E-state index in [1.807, 2.05) is 12.1 Å². The molecule has 0 saturated carbocycles. The van der Waals surface area contributed by atoms with Gasteiger partial charge in [0.1, 0.15) is 0 Å². The first kappa shape index (κ1) is 9.53. The highest BCUT2D eigenvalue weighted by Gasteiger charge is 2.13. The lowest BCUT2D eigenvalue weighted by Crippen LogP contribution is -2.21. The minimum atomic E-state index is 0.733. The highest BCUT2D eigenvalue weighted by molar-refractivity contribution is 5.40. The maximum atomic E-state index is 5.73. The number of hydrogen-bond donors (Lipinski definition) is 2. The minimum Gasteiger partial charge on any atom is -0.399 e. The number of nitrogens with one attached hydrogen (secondary N) is 1. The smallest absolute Gasteiger partial charge is 0.0316 e. The summed E-state index contributed by atoms with van der Waals surface area (Å²) in [5, 5.41) is 3.51. The Morgan fingerprint density at radius 3 is 3.07 bits per heavy atom. The molecular weight excluding hydrogens is 172 g/mol. The highest BCUT2D eigenvalue weighted by Crippen LogP contribution is 2.14. The minimum absolute atomic E-state index is 0.733. The lowest BCUT2D eigenvalue weighted by molar-refractivity contribution is 0.559. The normalized spacial score (nSPS) is 21.3. The van der Waals surface area contributed by atoms with Gasteiger partial charge in [-0.25, -0.2) is 0 Å². The summed E-state index contributed by atoms with van der Waals surface area (Å²) in [5.41, 5.74) is 7.96. The number of nitrogens with two attached hydrogens (primary N) is 1. The number of nitrogen functional groups attached to an aromatic ring is 1. The van der Waals surface area contributed by atoms with Crippen LogP contribution in [0.25, 0.3) is 0 Å². The van der Waals surface area contributed by atoms with Crippen molar-refractivity contribution in [3.63, 3.8) is 0 Å². The van der Waals surface area contributed by atoms with Gasteiger partial charge < -0.3 is 11.1 Å². The first-order valence-electron chi connectivity index (χ1n) is 5.42. The van der Waals surface area contributed by atoms with Gasteiger partial charge >= 0.3 is 0 Å². The zero-order chi connectivity index (χ0) is 9.80. The van der Waals surface area contributed by atoms with Crippen molar-refractivity contribution >= 4 is 5.69 Å². The van der Waals surface area contributed by atoms with E-state index in [9.17, 15) is 0 Å². The van der Waals surface area contributed by atoms with Crippen molar-refractivity contribution in [2.24, 2.45) is 0 Å². The molecule has 76 valence electrons. The van der Waals surface area contributed by atoms with Gasteiger partial charge in [0.15, 0.2) is 0 Å². The van der Waals surface area contributed by atoms with Crippen molar-refractivity contribution in [2.45, 2.75) is 31.7 Å². The molecule has 0 aromatic heterocycles. The molecule has 14 heavy (non-hydrogen) atoms. The van der Waals surface area contributed by atoms with Gasteiger partial charge in [-0.1, -0.05) is 12.1 Å². The molecule has 1 unspecified atom stereocenters. The third-order valence-electron chi connectivity index (χ3n) is 2.89. The molecule has 2 nitrogen and oxygen atoms in total. The van der Waals surface area contributed by atoms with Crippen LogP contribution in [0.4, 0.5) is 5.69 Å². The summed E-state index contributed by atoms with van der Waals surface area (Å²) < 4.78 is 0. The highest BCUT2D eigenvalue weighted by atomic mass is 14.9. The summed E-state index contributed by atoms with van der Waals surface area (Å²) >= 11 is 0. The lowest BCUT2D eigenvalue weighted by atomic mass is 10.0. The van der Waals surface area contributed by atoms with Crippen LogP contribution in [0.2, 0.25) is 0 Å². The standard InChI is InChI=1S/C12H18N2/c13-11-4-1-3-10(9-11)6-7-12-5-2-8-14-12/h1,3-4,9,12,14H,2,5-8,13H2. The Morgan fingerprint density at radius 2 is 2.36 bits per heavy atom. The summed E-state index contributed by atoms with van der Waals surface area (Å²) in [5.74, 6) is 0. The molecule has 1 atom stereocenters. The number of anilines is 1. The molecule has 3 N–H and O–H groups in total. The number of rotatable bonds is 3. The van der Waals surface area contributed by atoms with Gasteiger partial charge in [0.05, 0.1) is 0 Å². The van der Waals surface area contributed by atoms with Crippen molar-refractivity contribution in [1.29, 1.82) is 0 Å². The Hall–Kier alpha value is -1.02. The van der Waals surface area contributed by atoms with Gasteiger partial charge in [-0.15, -0.1) is 0 Å². The molecule has 0 radical (unpaired) electrons. The summed E-state index contributed by atoms with van der Waals surface area (Å²) in [6.45, 7) is 1.20. The van der Waals surface area contributed by atoms with Crippen LogP contribution in [0, 0.1) is 0 Å². The molecule has 0 amide bonds. The second kappa shape index (κ2) is 4.47. The molecule has 1 heterocycles. The van der Waals surface area contributed by atoms with Crippen molar-refractivity contribution in [3.8, 4) is 0 Å². The summed E-state index contributed by atoms with van der Waals surface area (Å²) in [6.07, 6.45) is 5.05. The van der Waals surface area contributed by atoms with E-state index in [2.05, 4.69) is 17.4 Å². The molecule has 0 aliphatic carbocycles. The molecule has 0 bridgehead atoms. The van der Waals surface area contributed by atoms with Crippen molar-refractivity contribution in [1.82, 2.24) is 5.32 Å². The maximum absolute atomic E-state index is 5.73. The second-order valence-corrected chi connectivity index (χ2v) is 4.08. The predicted molar refractivity (Wildman–Crippen MR) is 60.2 cm³/mol. The van der Waals surface area contributed by atoms with Gasteiger partial charge in [-0.05, 0) is 49.9 Å². The molecule has 1 saturated heterocycles. The van der Waals surface area contributed by atoms with E-state index in [4.69, 9.17) is 5.73 Å². The summed E-state index contributed by atoms with van der Waals surface area (Å²) in [7, 11) is 0. The van der Waals surface area contributed by atoms with Gasteiger partial charge in [0.25, 0.3) is 0 Å². The average molecular weight is 190 g/mol. The topological polar surface area (TPSA) is 38.0 Å². The van der Waals surface area contributed by atoms with Gasteiger partial charge in [-0.3, -0.25) is 0 Å². The zero-order valence-corrected chi connectivity index (χ0v) is 8.50. The zero-order valence-electron chi connectivity index (χ0n) is 8.50. The third kappa shape index (κ3) is 2.48. The van der Waals surface area contributed by atoms with Crippen molar-refractivity contribution < 1.29 is 0 Å². The van der Waals surface area contributed by atoms with Crippen molar-refractivity contribution in [2.75, 3.05) is 12.3 Å². The summed E-state index contributed by atoms with van der Waals surface area (Å²) in [4.78, 5) is 0. The Labute approximate surface area is 85.5 Å². The van der Waals surface area contributed by atoms with Crippen LogP contribution in [-0.2, 0) is 6.42 Å². The van der Waals surface area contributed by atoms with Gasteiger partial charge in [0.2, 0.25) is 0 Å². The van der Waals surface area contributed by atoms with E-state index in [1.165, 1.54) is 31.4 Å². The van der Waals surface area contributed by atoms with E-state index >= 15 is 0 Å². The predicted octanol–water partition coefficient (Wildman–Crippen LogP) is 1.95. The fourth-order valence-corrected chi connectivity index (χ4v) is 2.09. The largest absolute Gasteiger partial charge is 0.399 e. The van der Waals surface area contributed by atoms with Crippen molar-refractivity contribution in [3.05, 3.63) is 29.8 Å². The quantitative estimate of drug-likeness (QED) is 0.715. The fraction of sp³-hybridized carbons (Fsp3) is 0.500. The first-order valence-corrected chi connectivity index (χ1v) is 5.42. The van der Waals surface area contributed by atoms with E-state index < -0.39 is 0 Å². The molecule has 1 aliphatic rings. The molecule has 2 heteroatoms. The molecule has 1 aliphatic heterocycles.